The van der Waals surface area contributed by atoms with E-state index in [1.807, 2.05) is 48.7 Å². The summed E-state index contributed by atoms with van der Waals surface area (Å²) in [5, 5.41) is 4.78. The molecule has 0 bridgehead atoms. The Morgan fingerprint density at radius 3 is 2.35 bits per heavy atom. The standard InChI is InChI=1S/C27H22NS.C14H16GeN.Ir/c1-2-8-18(7-1)15-19-13-14-28-24(16-19)23-17-20-9-3-4-10-21(20)26-22-11-5-6-12-25(22)29-27(23)26;1-15(2,3)13-9-10-14(16-11-13)12-7-5-4-6-8-12;/h3-6,9-14,16,18H,1-2,7-8,15H2;4-7,9-11H,1-3H3;/q2*-1;/i15D2;;. The Kier molecular flexibility index (Phi) is 9.40. The summed E-state index contributed by atoms with van der Waals surface area (Å²) in [6.45, 7) is 0. The summed E-state index contributed by atoms with van der Waals surface area (Å²) in [4.78, 5) is 9.22. The first-order valence-corrected chi connectivity index (χ1v) is 24.0. The van der Waals surface area contributed by atoms with Crippen LogP contribution in [0.1, 0.15) is 34.0 Å². The number of thiophene rings is 1. The van der Waals surface area contributed by atoms with Gasteiger partial charge in [-0.05, 0) is 34.5 Å². The molecule has 1 fully saturated rings. The van der Waals surface area contributed by atoms with Gasteiger partial charge in [-0.1, -0.05) is 90.0 Å². The number of benzene rings is 4. The molecule has 0 N–H and O–H groups in total. The monoisotopic (exact) mass is 859 g/mol. The molecule has 8 rings (SSSR count). The number of nitrogens with zero attached hydrogens (tertiary/aromatic N) is 2. The van der Waals surface area contributed by atoms with Crippen LogP contribution in [0.5, 0.6) is 0 Å². The zero-order valence-corrected chi connectivity index (χ0v) is 31.7. The van der Waals surface area contributed by atoms with Crippen LogP contribution >= 0.6 is 11.3 Å². The van der Waals surface area contributed by atoms with Gasteiger partial charge in [0.05, 0.1) is 0 Å². The average Bonchev–Trinajstić information content (AvgIpc) is 3.78. The average molecular weight is 858 g/mol. The summed E-state index contributed by atoms with van der Waals surface area (Å²) in [7, 11) is 0. The minimum Gasteiger partial charge on any atom is 0 e. The predicted molar refractivity (Wildman–Crippen MR) is 196 cm³/mol. The van der Waals surface area contributed by atoms with Gasteiger partial charge >= 0.3 is 99.8 Å². The van der Waals surface area contributed by atoms with Gasteiger partial charge < -0.3 is 0 Å². The number of pyridine rings is 2. The van der Waals surface area contributed by atoms with Gasteiger partial charge in [0.1, 0.15) is 0 Å². The molecule has 3 heterocycles. The Balaban J connectivity index is 0.000000201. The third-order valence-electron chi connectivity index (χ3n) is 8.64. The molecule has 3 aromatic heterocycles. The van der Waals surface area contributed by atoms with Gasteiger partial charge in [0.15, 0.2) is 0 Å². The Labute approximate surface area is 295 Å². The van der Waals surface area contributed by atoms with E-state index in [0.717, 1.165) is 59.1 Å². The maximum Gasteiger partial charge on any atom is 0 e. The summed E-state index contributed by atoms with van der Waals surface area (Å²) in [5.41, 5.74) is 4.59. The second-order valence-corrected chi connectivity index (χ2v) is 24.6. The molecular weight excluding hydrogens is 817 g/mol. The molecule has 0 aliphatic heterocycles. The molecule has 0 amide bonds. The molecule has 4 aromatic carbocycles. The molecule has 46 heavy (non-hydrogen) atoms. The minimum atomic E-state index is -1.72. The van der Waals surface area contributed by atoms with Crippen LogP contribution in [-0.4, -0.2) is 23.2 Å². The van der Waals surface area contributed by atoms with E-state index in [-0.39, 0.29) is 26.0 Å². The molecular formula is C41H38GeIrN2S-2. The summed E-state index contributed by atoms with van der Waals surface area (Å²) in [5.74, 6) is 7.23. The topological polar surface area (TPSA) is 25.8 Å². The van der Waals surface area contributed by atoms with Crippen molar-refractivity contribution in [1.82, 2.24) is 9.97 Å². The summed E-state index contributed by atoms with van der Waals surface area (Å²) in [6.07, 6.45) is 6.66. The molecule has 1 saturated carbocycles. The SMILES string of the molecule is [2H]C([2H])(c1ccnc(-c2[c-]c3ccccc3c3c2sc2ccccc23)c1)C1CCCC1.[CH3][Ge]([CH3])([CH3])[c]1ccc(-c2[c-]cccc2)nc1.[Ir]. The molecule has 1 aliphatic carbocycles. The molecule has 0 atom stereocenters. The van der Waals surface area contributed by atoms with E-state index in [2.05, 4.69) is 94.0 Å². The van der Waals surface area contributed by atoms with Crippen LogP contribution in [-0.2, 0) is 26.5 Å². The van der Waals surface area contributed by atoms with E-state index in [4.69, 9.17) is 2.74 Å². The molecule has 7 aromatic rings. The van der Waals surface area contributed by atoms with Crippen molar-refractivity contribution in [1.29, 1.82) is 0 Å². The van der Waals surface area contributed by atoms with E-state index in [9.17, 15) is 0 Å². The molecule has 233 valence electrons. The number of fused-ring (bicyclic) bond motifs is 5. The fourth-order valence-corrected chi connectivity index (χ4v) is 9.58. The Morgan fingerprint density at radius 1 is 0.848 bits per heavy atom. The van der Waals surface area contributed by atoms with Crippen molar-refractivity contribution in [2.24, 2.45) is 5.92 Å². The van der Waals surface area contributed by atoms with Gasteiger partial charge in [-0.15, -0.1) is 17.5 Å². The second-order valence-electron chi connectivity index (χ2n) is 12.9. The predicted octanol–water partition coefficient (Wildman–Crippen LogP) is 10.9. The van der Waals surface area contributed by atoms with Crippen LogP contribution in [0.2, 0.25) is 17.3 Å². The first kappa shape index (κ1) is 30.2. The maximum atomic E-state index is 8.84. The fraction of sp³-hybridized carbons (Fsp3) is 0.220. The Hall–Kier alpha value is -3.15. The summed E-state index contributed by atoms with van der Waals surface area (Å²) >= 11 is 0.0557. The smallest absolute Gasteiger partial charge is 0 e. The van der Waals surface area contributed by atoms with Gasteiger partial charge in [-0.2, -0.15) is 11.3 Å². The van der Waals surface area contributed by atoms with Gasteiger partial charge in [-0.25, -0.2) is 0 Å². The van der Waals surface area contributed by atoms with Crippen molar-refractivity contribution < 1.29 is 22.8 Å². The van der Waals surface area contributed by atoms with Gasteiger partial charge in [0.2, 0.25) is 0 Å². The molecule has 5 heteroatoms. The van der Waals surface area contributed by atoms with Crippen LogP contribution in [0.4, 0.5) is 0 Å². The molecule has 0 saturated heterocycles. The Bertz CT molecular complexity index is 2170. The van der Waals surface area contributed by atoms with Gasteiger partial charge in [-0.3, -0.25) is 4.98 Å². The van der Waals surface area contributed by atoms with Crippen LogP contribution in [0, 0.1) is 18.1 Å². The number of rotatable bonds is 5. The van der Waals surface area contributed by atoms with E-state index in [1.165, 1.54) is 30.0 Å². The van der Waals surface area contributed by atoms with Gasteiger partial charge in [0, 0.05) is 39.4 Å². The van der Waals surface area contributed by atoms with Crippen LogP contribution in [0.15, 0.2) is 109 Å². The van der Waals surface area contributed by atoms with Crippen molar-refractivity contribution in [3.63, 3.8) is 0 Å². The Morgan fingerprint density at radius 2 is 1.61 bits per heavy atom. The molecule has 0 unspecified atom stereocenters. The largest absolute Gasteiger partial charge is 0 e. The van der Waals surface area contributed by atoms with Crippen LogP contribution in [0.3, 0.4) is 0 Å². The molecule has 1 aliphatic rings. The van der Waals surface area contributed by atoms with E-state index in [0.29, 0.717) is 0 Å². The third kappa shape index (κ3) is 7.06. The maximum absolute atomic E-state index is 8.84. The van der Waals surface area contributed by atoms with E-state index in [1.54, 1.807) is 17.5 Å². The van der Waals surface area contributed by atoms with Crippen LogP contribution in [0.25, 0.3) is 53.5 Å². The van der Waals surface area contributed by atoms with Crippen LogP contribution < -0.4 is 4.40 Å². The zero-order valence-electron chi connectivity index (χ0n) is 28.4. The molecule has 1 radical (unpaired) electrons. The van der Waals surface area contributed by atoms with Crippen molar-refractivity contribution in [3.05, 3.63) is 127 Å². The second kappa shape index (κ2) is 14.3. The number of aromatic nitrogens is 2. The summed E-state index contributed by atoms with van der Waals surface area (Å²) < 4.78 is 21.5. The van der Waals surface area contributed by atoms with E-state index >= 15 is 0 Å². The molecule has 0 spiro atoms. The minimum absolute atomic E-state index is 0. The zero-order chi connectivity index (χ0) is 32.6. The fourth-order valence-electron chi connectivity index (χ4n) is 6.18. The first-order valence-electron chi connectivity index (χ1n) is 16.9. The van der Waals surface area contributed by atoms with E-state index < -0.39 is 19.6 Å². The van der Waals surface area contributed by atoms with Crippen molar-refractivity contribution >= 4 is 59.9 Å². The van der Waals surface area contributed by atoms with Crippen molar-refractivity contribution in [2.75, 3.05) is 0 Å². The summed E-state index contributed by atoms with van der Waals surface area (Å²) in [6, 6.07) is 39.8. The van der Waals surface area contributed by atoms with Crippen molar-refractivity contribution in [3.8, 4) is 22.5 Å². The molecule has 2 nitrogen and oxygen atoms in total. The quantitative estimate of drug-likeness (QED) is 0.127. The normalized spacial score (nSPS) is 14.4. The third-order valence-corrected chi connectivity index (χ3v) is 14.1. The first-order chi connectivity index (χ1) is 22.7. The van der Waals surface area contributed by atoms with Gasteiger partial charge in [0.25, 0.3) is 0 Å². The number of hydrogen-bond acceptors (Lipinski definition) is 3. The van der Waals surface area contributed by atoms with Crippen molar-refractivity contribution in [2.45, 2.75) is 49.3 Å². The number of hydrogen-bond donors (Lipinski definition) is 0.